The van der Waals surface area contributed by atoms with Gasteiger partial charge >= 0.3 is 0 Å². The SMILES string of the molecule is CN(Cc1ccc(I)cc1)C1CCSC1. The highest BCUT2D eigenvalue weighted by molar-refractivity contribution is 14.1. The van der Waals surface area contributed by atoms with E-state index >= 15 is 0 Å². The van der Waals surface area contributed by atoms with Gasteiger partial charge in [-0.1, -0.05) is 12.1 Å². The molecule has 1 aromatic rings. The number of halogens is 1. The summed E-state index contributed by atoms with van der Waals surface area (Å²) in [7, 11) is 2.24. The molecule has 2 rings (SSSR count). The average molecular weight is 333 g/mol. The predicted octanol–water partition coefficient (Wildman–Crippen LogP) is 3.23. The van der Waals surface area contributed by atoms with Crippen LogP contribution < -0.4 is 0 Å². The molecule has 1 saturated heterocycles. The molecule has 0 bridgehead atoms. The number of benzene rings is 1. The molecule has 82 valence electrons. The molecule has 1 heterocycles. The summed E-state index contributed by atoms with van der Waals surface area (Å²) >= 11 is 4.43. The van der Waals surface area contributed by atoms with Crippen molar-refractivity contribution in [3.05, 3.63) is 33.4 Å². The molecule has 15 heavy (non-hydrogen) atoms. The minimum absolute atomic E-state index is 0.786. The summed E-state index contributed by atoms with van der Waals surface area (Å²) in [4.78, 5) is 2.49. The Kier molecular flexibility index (Phi) is 4.34. The van der Waals surface area contributed by atoms with E-state index in [-0.39, 0.29) is 0 Å². The molecule has 0 saturated carbocycles. The highest BCUT2D eigenvalue weighted by atomic mass is 127. The van der Waals surface area contributed by atoms with Gasteiger partial charge in [-0.05, 0) is 59.5 Å². The molecule has 1 aliphatic heterocycles. The molecule has 1 atom stereocenters. The molecule has 1 aliphatic rings. The third kappa shape index (κ3) is 3.36. The van der Waals surface area contributed by atoms with Crippen molar-refractivity contribution in [3.8, 4) is 0 Å². The molecule has 1 nitrogen and oxygen atoms in total. The number of nitrogens with zero attached hydrogens (tertiary/aromatic N) is 1. The Morgan fingerprint density at radius 2 is 2.13 bits per heavy atom. The summed E-state index contributed by atoms with van der Waals surface area (Å²) in [5.41, 5.74) is 1.43. The molecule has 1 unspecified atom stereocenters. The summed E-state index contributed by atoms with van der Waals surface area (Å²) in [5, 5.41) is 0. The van der Waals surface area contributed by atoms with Crippen LogP contribution in [0.25, 0.3) is 0 Å². The fourth-order valence-corrected chi connectivity index (χ4v) is 3.53. The van der Waals surface area contributed by atoms with Gasteiger partial charge in [0.15, 0.2) is 0 Å². The second-order valence-electron chi connectivity index (χ2n) is 4.06. The first-order valence-electron chi connectivity index (χ1n) is 5.28. The normalized spacial score (nSPS) is 21.1. The van der Waals surface area contributed by atoms with Crippen LogP contribution in [-0.4, -0.2) is 29.5 Å². The smallest absolute Gasteiger partial charge is 0.0233 e. The summed E-state index contributed by atoms with van der Waals surface area (Å²) in [6.07, 6.45) is 1.35. The maximum Gasteiger partial charge on any atom is 0.0233 e. The molecular formula is C12H16INS. The monoisotopic (exact) mass is 333 g/mol. The number of hydrogen-bond donors (Lipinski definition) is 0. The second-order valence-corrected chi connectivity index (χ2v) is 6.45. The summed E-state index contributed by atoms with van der Waals surface area (Å²) in [6.45, 7) is 1.09. The third-order valence-electron chi connectivity index (χ3n) is 2.87. The number of thioether (sulfide) groups is 1. The Bertz CT molecular complexity index is 306. The van der Waals surface area contributed by atoms with Gasteiger partial charge in [0.25, 0.3) is 0 Å². The summed E-state index contributed by atoms with van der Waals surface area (Å²) in [6, 6.07) is 9.63. The van der Waals surface area contributed by atoms with E-state index in [0.717, 1.165) is 12.6 Å². The van der Waals surface area contributed by atoms with E-state index in [9.17, 15) is 0 Å². The van der Waals surface area contributed by atoms with Crippen LogP contribution in [0.4, 0.5) is 0 Å². The quantitative estimate of drug-likeness (QED) is 0.782. The molecule has 3 heteroatoms. The Hall–Kier alpha value is 0.260. The lowest BCUT2D eigenvalue weighted by Crippen LogP contribution is -2.30. The Labute approximate surface area is 110 Å². The van der Waals surface area contributed by atoms with Crippen molar-refractivity contribution < 1.29 is 0 Å². The van der Waals surface area contributed by atoms with E-state index in [4.69, 9.17) is 0 Å². The maximum atomic E-state index is 2.49. The lowest BCUT2D eigenvalue weighted by Gasteiger charge is -2.23. The standard InChI is InChI=1S/C12H16INS/c1-14(12-6-7-15-9-12)8-10-2-4-11(13)5-3-10/h2-5,12H,6-9H2,1H3. The molecule has 0 radical (unpaired) electrons. The highest BCUT2D eigenvalue weighted by Crippen LogP contribution is 2.22. The van der Waals surface area contributed by atoms with Gasteiger partial charge in [-0.3, -0.25) is 4.90 Å². The van der Waals surface area contributed by atoms with Crippen molar-refractivity contribution >= 4 is 34.4 Å². The minimum Gasteiger partial charge on any atom is -0.298 e. The largest absolute Gasteiger partial charge is 0.298 e. The van der Waals surface area contributed by atoms with Gasteiger partial charge in [0, 0.05) is 21.9 Å². The van der Waals surface area contributed by atoms with Crippen molar-refractivity contribution in [2.24, 2.45) is 0 Å². The van der Waals surface area contributed by atoms with Gasteiger partial charge < -0.3 is 0 Å². The zero-order chi connectivity index (χ0) is 10.7. The van der Waals surface area contributed by atoms with Crippen LogP contribution in [0.15, 0.2) is 24.3 Å². The van der Waals surface area contributed by atoms with Crippen LogP contribution in [0.3, 0.4) is 0 Å². The van der Waals surface area contributed by atoms with Crippen LogP contribution in [0, 0.1) is 3.57 Å². The molecule has 0 spiro atoms. The molecule has 1 aromatic carbocycles. The first-order valence-corrected chi connectivity index (χ1v) is 7.51. The third-order valence-corrected chi connectivity index (χ3v) is 4.74. The van der Waals surface area contributed by atoms with Crippen molar-refractivity contribution in [3.63, 3.8) is 0 Å². The van der Waals surface area contributed by atoms with Crippen LogP contribution in [-0.2, 0) is 6.54 Å². The first kappa shape index (κ1) is 11.7. The van der Waals surface area contributed by atoms with Crippen molar-refractivity contribution in [2.75, 3.05) is 18.6 Å². The number of hydrogen-bond acceptors (Lipinski definition) is 2. The van der Waals surface area contributed by atoms with Gasteiger partial charge in [-0.2, -0.15) is 11.8 Å². The second kappa shape index (κ2) is 5.55. The topological polar surface area (TPSA) is 3.24 Å². The fraction of sp³-hybridized carbons (Fsp3) is 0.500. The molecule has 0 aliphatic carbocycles. The zero-order valence-electron chi connectivity index (χ0n) is 8.95. The van der Waals surface area contributed by atoms with Crippen LogP contribution in [0.2, 0.25) is 0 Å². The van der Waals surface area contributed by atoms with Crippen molar-refractivity contribution in [1.82, 2.24) is 4.90 Å². The fourth-order valence-electron chi connectivity index (χ4n) is 1.88. The van der Waals surface area contributed by atoms with Gasteiger partial charge in [-0.25, -0.2) is 0 Å². The summed E-state index contributed by atoms with van der Waals surface area (Å²) in [5.74, 6) is 2.64. The van der Waals surface area contributed by atoms with Crippen LogP contribution in [0.1, 0.15) is 12.0 Å². The molecule has 1 fully saturated rings. The predicted molar refractivity (Wildman–Crippen MR) is 76.4 cm³/mol. The highest BCUT2D eigenvalue weighted by Gasteiger charge is 2.19. The van der Waals surface area contributed by atoms with Crippen molar-refractivity contribution in [1.29, 1.82) is 0 Å². The Morgan fingerprint density at radius 1 is 1.40 bits per heavy atom. The zero-order valence-corrected chi connectivity index (χ0v) is 11.9. The Balaban J connectivity index is 1.92. The van der Waals surface area contributed by atoms with Gasteiger partial charge in [-0.15, -0.1) is 0 Å². The van der Waals surface area contributed by atoms with E-state index in [1.165, 1.54) is 27.1 Å². The molecule has 0 aromatic heterocycles. The number of rotatable bonds is 3. The first-order chi connectivity index (χ1) is 7.25. The van der Waals surface area contributed by atoms with E-state index in [1.807, 2.05) is 0 Å². The van der Waals surface area contributed by atoms with E-state index in [0.29, 0.717) is 0 Å². The molecule has 0 amide bonds. The van der Waals surface area contributed by atoms with Gasteiger partial charge in [0.1, 0.15) is 0 Å². The van der Waals surface area contributed by atoms with E-state index < -0.39 is 0 Å². The lowest BCUT2D eigenvalue weighted by molar-refractivity contribution is 0.254. The molecule has 0 N–H and O–H groups in total. The molecular weight excluding hydrogens is 317 g/mol. The Morgan fingerprint density at radius 3 is 2.73 bits per heavy atom. The van der Waals surface area contributed by atoms with Gasteiger partial charge in [0.05, 0.1) is 0 Å². The van der Waals surface area contributed by atoms with E-state index in [2.05, 4.69) is 70.6 Å². The van der Waals surface area contributed by atoms with E-state index in [1.54, 1.807) is 0 Å². The maximum absolute atomic E-state index is 2.49. The van der Waals surface area contributed by atoms with Gasteiger partial charge in [0.2, 0.25) is 0 Å². The van der Waals surface area contributed by atoms with Crippen molar-refractivity contribution in [2.45, 2.75) is 19.0 Å². The minimum atomic E-state index is 0.786. The summed E-state index contributed by atoms with van der Waals surface area (Å²) < 4.78 is 1.32. The average Bonchev–Trinajstić information content (AvgIpc) is 2.74. The van der Waals surface area contributed by atoms with Crippen LogP contribution >= 0.6 is 34.4 Å². The lowest BCUT2D eigenvalue weighted by atomic mass is 10.2. The van der Waals surface area contributed by atoms with Crippen LogP contribution in [0.5, 0.6) is 0 Å².